The lowest BCUT2D eigenvalue weighted by Gasteiger charge is -2.61. The quantitative estimate of drug-likeness (QED) is 0.288. The number of cyclic esters (lactones) is 1. The molecular formula is C32H38N2O4Si. The van der Waals surface area contributed by atoms with Crippen LogP contribution in [0, 0.1) is 23.2 Å². The minimum absolute atomic E-state index is 0.103. The van der Waals surface area contributed by atoms with Crippen molar-refractivity contribution in [2.75, 3.05) is 0 Å². The van der Waals surface area contributed by atoms with Gasteiger partial charge in [0.2, 0.25) is 0 Å². The molecule has 2 bridgehead atoms. The highest BCUT2D eigenvalue weighted by Gasteiger charge is 2.55. The topological polar surface area (TPSA) is 81.4 Å². The van der Waals surface area contributed by atoms with Gasteiger partial charge in [0.05, 0.1) is 37.1 Å². The maximum Gasteiger partial charge on any atom is 0.343 e. The van der Waals surface area contributed by atoms with Crippen LogP contribution in [0.4, 0.5) is 0 Å². The number of aromatic nitrogens is 2. The lowest BCUT2D eigenvalue weighted by atomic mass is 9.46. The second-order valence-corrected chi connectivity index (χ2v) is 18.4. The Morgan fingerprint density at radius 2 is 1.92 bits per heavy atom. The largest absolute Gasteiger partial charge is 0.458 e. The van der Waals surface area contributed by atoms with E-state index < -0.39 is 19.6 Å². The van der Waals surface area contributed by atoms with Gasteiger partial charge in [-0.1, -0.05) is 64.5 Å². The summed E-state index contributed by atoms with van der Waals surface area (Å²) in [7, 11) is -1.99. The Bertz CT molecular complexity index is 1620. The van der Waals surface area contributed by atoms with Gasteiger partial charge in [-0.3, -0.25) is 4.79 Å². The third kappa shape index (κ3) is 3.32. The van der Waals surface area contributed by atoms with Crippen molar-refractivity contribution in [1.82, 2.24) is 9.55 Å². The van der Waals surface area contributed by atoms with E-state index >= 15 is 0 Å². The first-order valence-electron chi connectivity index (χ1n) is 14.6. The van der Waals surface area contributed by atoms with Gasteiger partial charge in [0.15, 0.2) is 5.60 Å². The van der Waals surface area contributed by atoms with Crippen LogP contribution < -0.4 is 10.7 Å². The molecule has 3 fully saturated rings. The third-order valence-corrected chi connectivity index (χ3v) is 14.5. The van der Waals surface area contributed by atoms with Gasteiger partial charge in [0.1, 0.15) is 6.61 Å². The Kier molecular flexibility index (Phi) is 5.26. The number of aliphatic hydroxyl groups is 1. The minimum atomic E-state index is -1.99. The molecule has 0 radical (unpaired) electrons. The summed E-state index contributed by atoms with van der Waals surface area (Å²) in [5.41, 5.74) is 2.83. The molecule has 3 aliphatic carbocycles. The number of esters is 1. The number of para-hydroxylation sites is 1. The molecule has 0 spiro atoms. The summed E-state index contributed by atoms with van der Waals surface area (Å²) in [6, 6.07) is 11.5. The lowest BCUT2D eigenvalue weighted by molar-refractivity contribution is -0.172. The zero-order chi connectivity index (χ0) is 27.5. The van der Waals surface area contributed by atoms with Crippen molar-refractivity contribution in [2.24, 2.45) is 23.2 Å². The van der Waals surface area contributed by atoms with Crippen LogP contribution >= 0.6 is 0 Å². The van der Waals surface area contributed by atoms with Crippen molar-refractivity contribution in [1.29, 1.82) is 0 Å². The van der Waals surface area contributed by atoms with E-state index in [1.165, 1.54) is 35.9 Å². The molecule has 6 nitrogen and oxygen atoms in total. The first kappa shape index (κ1) is 25.2. The highest BCUT2D eigenvalue weighted by molar-refractivity contribution is 6.92. The van der Waals surface area contributed by atoms with E-state index in [0.717, 1.165) is 34.5 Å². The fraction of sp³-hybridized carbons (Fsp3) is 0.531. The molecule has 2 aliphatic heterocycles. The molecule has 8 rings (SSSR count). The molecule has 39 heavy (non-hydrogen) atoms. The Labute approximate surface area is 230 Å². The fourth-order valence-corrected chi connectivity index (χ4v) is 12.7. The smallest absolute Gasteiger partial charge is 0.343 e. The van der Waals surface area contributed by atoms with Crippen LogP contribution in [0.5, 0.6) is 0 Å². The predicted molar refractivity (Wildman–Crippen MR) is 155 cm³/mol. The van der Waals surface area contributed by atoms with Crippen LogP contribution in [0.3, 0.4) is 0 Å². The van der Waals surface area contributed by atoms with Crippen molar-refractivity contribution in [3.8, 4) is 11.4 Å². The van der Waals surface area contributed by atoms with Gasteiger partial charge in [0, 0.05) is 5.56 Å². The second-order valence-electron chi connectivity index (χ2n) is 13.7. The highest BCUT2D eigenvalue weighted by Crippen LogP contribution is 2.62. The molecule has 1 aromatic carbocycles. The maximum absolute atomic E-state index is 13.8. The summed E-state index contributed by atoms with van der Waals surface area (Å²) in [5, 5.41) is 13.9. The highest BCUT2D eigenvalue weighted by atomic mass is 28.3. The third-order valence-electron chi connectivity index (χ3n) is 11.0. The molecule has 3 saturated carbocycles. The maximum atomic E-state index is 13.8. The molecular weight excluding hydrogens is 504 g/mol. The average Bonchev–Trinajstić information content (AvgIpc) is 3.27. The molecule has 1 N–H and O–H groups in total. The van der Waals surface area contributed by atoms with Gasteiger partial charge in [-0.25, -0.2) is 9.78 Å². The van der Waals surface area contributed by atoms with Crippen LogP contribution in [0.15, 0.2) is 35.1 Å². The molecule has 2 aromatic heterocycles. The Morgan fingerprint density at radius 1 is 1.15 bits per heavy atom. The molecule has 4 heterocycles. The summed E-state index contributed by atoms with van der Waals surface area (Å²) in [5.74, 6) is 1.75. The summed E-state index contributed by atoms with van der Waals surface area (Å²) >= 11 is 0. The number of carbonyl (C=O) groups excluding carboxylic acids is 1. The average molecular weight is 543 g/mol. The minimum Gasteiger partial charge on any atom is -0.458 e. The van der Waals surface area contributed by atoms with Crippen LogP contribution in [0.2, 0.25) is 19.1 Å². The number of hydrogen-bond donors (Lipinski definition) is 1. The number of ether oxygens (including phenoxy) is 1. The summed E-state index contributed by atoms with van der Waals surface area (Å²) in [6.07, 6.45) is 4.20. The summed E-state index contributed by atoms with van der Waals surface area (Å²) < 4.78 is 7.06. The predicted octanol–water partition coefficient (Wildman–Crippen LogP) is 5.07. The number of fused-ring (bicyclic) bond motifs is 7. The number of hydrogen-bond acceptors (Lipinski definition) is 5. The Morgan fingerprint density at radius 3 is 2.64 bits per heavy atom. The standard InChI is InChI=1S/C32H38N2O4Si/c1-6-32(37)24-14-26-27-21(15-34(26)29(35)22(24)16-38-30(32)36)28(20-9-7-8-10-25(20)33-27)39(4,5)17-18-11-12-19-13-23(18)31(19,2)3/h7-10,14,18-19,23,37H,6,11-13,15-17H2,1-5H3/t18?,19?,23?,32-/m0/s1. The molecule has 3 aromatic rings. The van der Waals surface area contributed by atoms with Gasteiger partial charge >= 0.3 is 5.97 Å². The lowest BCUT2D eigenvalue weighted by Crippen LogP contribution is -2.55. The monoisotopic (exact) mass is 542 g/mol. The number of pyridine rings is 2. The number of benzene rings is 1. The summed E-state index contributed by atoms with van der Waals surface area (Å²) in [6.45, 7) is 12.1. The molecule has 204 valence electrons. The van der Waals surface area contributed by atoms with Gasteiger partial charge in [-0.05, 0) is 70.7 Å². The number of carbonyl (C=O) groups is 1. The normalized spacial score (nSPS) is 28.4. The molecule has 0 amide bonds. The molecule has 4 atom stereocenters. The van der Waals surface area contributed by atoms with E-state index in [-0.39, 0.29) is 18.6 Å². The zero-order valence-corrected chi connectivity index (χ0v) is 24.6. The van der Waals surface area contributed by atoms with E-state index in [9.17, 15) is 14.7 Å². The van der Waals surface area contributed by atoms with E-state index in [4.69, 9.17) is 9.72 Å². The van der Waals surface area contributed by atoms with Gasteiger partial charge in [-0.15, -0.1) is 0 Å². The van der Waals surface area contributed by atoms with Crippen LogP contribution in [-0.4, -0.2) is 28.7 Å². The molecule has 3 unspecified atom stereocenters. The number of rotatable bonds is 4. The van der Waals surface area contributed by atoms with Crippen molar-refractivity contribution in [2.45, 2.75) is 84.3 Å². The van der Waals surface area contributed by atoms with E-state index in [1.54, 1.807) is 11.5 Å². The molecule has 5 aliphatic rings. The first-order chi connectivity index (χ1) is 18.5. The summed E-state index contributed by atoms with van der Waals surface area (Å²) in [4.78, 5) is 31.5. The van der Waals surface area contributed by atoms with Crippen molar-refractivity contribution in [3.05, 3.63) is 57.4 Å². The Balaban J connectivity index is 1.40. The van der Waals surface area contributed by atoms with E-state index in [1.807, 2.05) is 12.1 Å². The SMILES string of the molecule is CC[C@@]1(O)C(=O)OCc2c1cc1n(c2=O)Cc2c-1nc1ccccc1c2[Si](C)(C)CC1CCC2CC1C2(C)C. The van der Waals surface area contributed by atoms with E-state index in [0.29, 0.717) is 28.8 Å². The van der Waals surface area contributed by atoms with Gasteiger partial charge in [-0.2, -0.15) is 0 Å². The van der Waals surface area contributed by atoms with Gasteiger partial charge < -0.3 is 14.4 Å². The molecule has 0 saturated heterocycles. The van der Waals surface area contributed by atoms with Crippen LogP contribution in [0.1, 0.15) is 63.1 Å². The van der Waals surface area contributed by atoms with Gasteiger partial charge in [0.25, 0.3) is 5.56 Å². The van der Waals surface area contributed by atoms with Crippen molar-refractivity contribution >= 4 is 30.1 Å². The Hall–Kier alpha value is -2.77. The van der Waals surface area contributed by atoms with E-state index in [2.05, 4.69) is 45.1 Å². The van der Waals surface area contributed by atoms with Crippen molar-refractivity contribution < 1.29 is 14.6 Å². The second kappa shape index (κ2) is 8.13. The first-order valence-corrected chi connectivity index (χ1v) is 17.8. The fourth-order valence-electron chi connectivity index (χ4n) is 8.77. The van der Waals surface area contributed by atoms with Crippen LogP contribution in [-0.2, 0) is 28.3 Å². The molecule has 7 heteroatoms. The zero-order valence-electron chi connectivity index (χ0n) is 23.6. The van der Waals surface area contributed by atoms with Crippen molar-refractivity contribution in [3.63, 3.8) is 0 Å². The van der Waals surface area contributed by atoms with Crippen LogP contribution in [0.25, 0.3) is 22.3 Å². The number of nitrogens with zero attached hydrogens (tertiary/aromatic N) is 2.